The number of hydrogen-bond acceptors (Lipinski definition) is 5. The van der Waals surface area contributed by atoms with Gasteiger partial charge in [0.05, 0.1) is 6.04 Å². The Morgan fingerprint density at radius 2 is 1.96 bits per heavy atom. The lowest BCUT2D eigenvalue weighted by Gasteiger charge is -2.24. The highest BCUT2D eigenvalue weighted by Crippen LogP contribution is 2.38. The zero-order valence-electron chi connectivity index (χ0n) is 14.9. The third-order valence-electron chi connectivity index (χ3n) is 5.16. The standard InChI is InChI=1S/C21H17ClN2O4/c22-15-5-2-1-4-14(15)17-6-3-9-24(17)21(25)16-11-19(28-23-16)13-7-8-18-20(10-13)27-12-26-18/h1-2,4-5,7-8,10-11,17H,3,6,9,12H2. The van der Waals surface area contributed by atoms with Gasteiger partial charge in [0.15, 0.2) is 23.0 Å². The van der Waals surface area contributed by atoms with E-state index >= 15 is 0 Å². The maximum Gasteiger partial charge on any atom is 0.276 e. The van der Waals surface area contributed by atoms with Crippen molar-refractivity contribution < 1.29 is 18.8 Å². The number of nitrogens with zero attached hydrogens (tertiary/aromatic N) is 2. The normalized spacial score (nSPS) is 17.9. The Morgan fingerprint density at radius 1 is 1.11 bits per heavy atom. The third-order valence-corrected chi connectivity index (χ3v) is 5.51. The zero-order valence-corrected chi connectivity index (χ0v) is 15.7. The fraction of sp³-hybridized carbons (Fsp3) is 0.238. The summed E-state index contributed by atoms with van der Waals surface area (Å²) in [5, 5.41) is 4.68. The predicted octanol–water partition coefficient (Wildman–Crippen LogP) is 4.70. The van der Waals surface area contributed by atoms with Crippen molar-refractivity contribution in [3.05, 3.63) is 64.8 Å². The Morgan fingerprint density at radius 3 is 2.86 bits per heavy atom. The lowest BCUT2D eigenvalue weighted by Crippen LogP contribution is -2.30. The smallest absolute Gasteiger partial charge is 0.276 e. The summed E-state index contributed by atoms with van der Waals surface area (Å²) < 4.78 is 16.2. The van der Waals surface area contributed by atoms with Crippen molar-refractivity contribution in [1.82, 2.24) is 10.1 Å². The van der Waals surface area contributed by atoms with Gasteiger partial charge >= 0.3 is 0 Å². The number of likely N-dealkylation sites (tertiary alicyclic amines) is 1. The highest BCUT2D eigenvalue weighted by Gasteiger charge is 2.33. The molecule has 5 rings (SSSR count). The number of fused-ring (bicyclic) bond motifs is 1. The molecule has 7 heteroatoms. The second-order valence-corrected chi connectivity index (χ2v) is 7.23. The molecule has 1 fully saturated rings. The van der Waals surface area contributed by atoms with E-state index in [-0.39, 0.29) is 24.4 Å². The molecule has 1 unspecified atom stereocenters. The molecule has 1 amide bonds. The van der Waals surface area contributed by atoms with E-state index in [1.807, 2.05) is 47.4 Å². The SMILES string of the molecule is O=C(c1cc(-c2ccc3c(c2)OCO3)on1)N1CCCC1c1ccccc1Cl. The number of carbonyl (C=O) groups excluding carboxylic acids is 1. The predicted molar refractivity (Wildman–Crippen MR) is 103 cm³/mol. The van der Waals surface area contributed by atoms with Gasteiger partial charge in [-0.15, -0.1) is 0 Å². The molecular weight excluding hydrogens is 380 g/mol. The van der Waals surface area contributed by atoms with Gasteiger partial charge in [-0.05, 0) is 42.7 Å². The minimum atomic E-state index is -0.154. The van der Waals surface area contributed by atoms with Crippen LogP contribution in [0, 0.1) is 0 Å². The summed E-state index contributed by atoms with van der Waals surface area (Å²) in [6, 6.07) is 14.8. The minimum absolute atomic E-state index is 0.0492. The Bertz CT molecular complexity index is 1050. The monoisotopic (exact) mass is 396 g/mol. The minimum Gasteiger partial charge on any atom is -0.454 e. The molecule has 1 aromatic heterocycles. The highest BCUT2D eigenvalue weighted by atomic mass is 35.5. The number of amides is 1. The van der Waals surface area contributed by atoms with Crippen LogP contribution in [0.25, 0.3) is 11.3 Å². The fourth-order valence-electron chi connectivity index (χ4n) is 3.79. The topological polar surface area (TPSA) is 64.8 Å². The van der Waals surface area contributed by atoms with Gasteiger partial charge in [-0.2, -0.15) is 0 Å². The molecule has 2 aliphatic heterocycles. The molecule has 6 nitrogen and oxygen atoms in total. The summed E-state index contributed by atoms with van der Waals surface area (Å²) >= 11 is 6.36. The molecule has 142 valence electrons. The van der Waals surface area contributed by atoms with Crippen LogP contribution >= 0.6 is 11.6 Å². The summed E-state index contributed by atoms with van der Waals surface area (Å²) in [5.41, 5.74) is 2.03. The molecular formula is C21H17ClN2O4. The average Bonchev–Trinajstić information content (AvgIpc) is 3.47. The number of ether oxygens (including phenoxy) is 2. The Hall–Kier alpha value is -2.99. The second-order valence-electron chi connectivity index (χ2n) is 6.82. The summed E-state index contributed by atoms with van der Waals surface area (Å²) in [4.78, 5) is 14.9. The Balaban J connectivity index is 1.41. The quantitative estimate of drug-likeness (QED) is 0.642. The van der Waals surface area contributed by atoms with Crippen LogP contribution in [0.5, 0.6) is 11.5 Å². The average molecular weight is 397 g/mol. The lowest BCUT2D eigenvalue weighted by molar-refractivity contribution is 0.0725. The van der Waals surface area contributed by atoms with Gasteiger partial charge < -0.3 is 18.9 Å². The summed E-state index contributed by atoms with van der Waals surface area (Å²) in [6.07, 6.45) is 1.80. The first-order chi connectivity index (χ1) is 13.7. The van der Waals surface area contributed by atoms with Crippen molar-refractivity contribution in [1.29, 1.82) is 0 Å². The van der Waals surface area contributed by atoms with Gasteiger partial charge in [0.1, 0.15) is 0 Å². The summed E-state index contributed by atoms with van der Waals surface area (Å²) in [7, 11) is 0. The van der Waals surface area contributed by atoms with Crippen molar-refractivity contribution in [2.75, 3.05) is 13.3 Å². The van der Waals surface area contributed by atoms with E-state index in [2.05, 4.69) is 5.16 Å². The second kappa shape index (κ2) is 6.87. The molecule has 2 aliphatic rings. The molecule has 3 aromatic rings. The number of aromatic nitrogens is 1. The lowest BCUT2D eigenvalue weighted by atomic mass is 10.0. The van der Waals surface area contributed by atoms with E-state index in [9.17, 15) is 4.79 Å². The molecule has 3 heterocycles. The van der Waals surface area contributed by atoms with Crippen molar-refractivity contribution in [3.8, 4) is 22.8 Å². The van der Waals surface area contributed by atoms with Crippen molar-refractivity contribution in [3.63, 3.8) is 0 Å². The zero-order chi connectivity index (χ0) is 19.1. The number of rotatable bonds is 3. The number of carbonyl (C=O) groups is 1. The van der Waals surface area contributed by atoms with E-state index in [1.54, 1.807) is 6.07 Å². The van der Waals surface area contributed by atoms with Crippen LogP contribution in [0.15, 0.2) is 53.1 Å². The largest absolute Gasteiger partial charge is 0.454 e. The first-order valence-corrected chi connectivity index (χ1v) is 9.50. The first kappa shape index (κ1) is 17.1. The van der Waals surface area contributed by atoms with E-state index in [4.69, 9.17) is 25.6 Å². The molecule has 2 aromatic carbocycles. The Kier molecular flexibility index (Phi) is 4.20. The van der Waals surface area contributed by atoms with Gasteiger partial charge in [-0.3, -0.25) is 4.79 Å². The summed E-state index contributed by atoms with van der Waals surface area (Å²) in [6.45, 7) is 0.873. The first-order valence-electron chi connectivity index (χ1n) is 9.13. The van der Waals surface area contributed by atoms with E-state index in [0.717, 1.165) is 24.0 Å². The van der Waals surface area contributed by atoms with Gasteiger partial charge in [0.25, 0.3) is 5.91 Å². The molecule has 0 aliphatic carbocycles. The van der Waals surface area contributed by atoms with Crippen LogP contribution in [0.3, 0.4) is 0 Å². The number of benzene rings is 2. The third kappa shape index (κ3) is 2.90. The van der Waals surface area contributed by atoms with Gasteiger partial charge in [-0.25, -0.2) is 0 Å². The van der Waals surface area contributed by atoms with Crippen molar-refractivity contribution in [2.45, 2.75) is 18.9 Å². The van der Waals surface area contributed by atoms with Crippen LogP contribution in [0.1, 0.15) is 34.9 Å². The van der Waals surface area contributed by atoms with Crippen LogP contribution < -0.4 is 9.47 Å². The molecule has 0 spiro atoms. The number of halogens is 1. The van der Waals surface area contributed by atoms with Crippen LogP contribution in [0.4, 0.5) is 0 Å². The maximum atomic E-state index is 13.1. The van der Waals surface area contributed by atoms with E-state index in [1.165, 1.54) is 0 Å². The van der Waals surface area contributed by atoms with Crippen molar-refractivity contribution in [2.24, 2.45) is 0 Å². The van der Waals surface area contributed by atoms with Crippen LogP contribution in [-0.2, 0) is 0 Å². The molecule has 28 heavy (non-hydrogen) atoms. The highest BCUT2D eigenvalue weighted by molar-refractivity contribution is 6.31. The molecule has 0 saturated carbocycles. The van der Waals surface area contributed by atoms with Gasteiger partial charge in [0.2, 0.25) is 6.79 Å². The Labute approximate surface area is 166 Å². The maximum absolute atomic E-state index is 13.1. The fourth-order valence-corrected chi connectivity index (χ4v) is 4.05. The molecule has 1 atom stereocenters. The molecule has 0 radical (unpaired) electrons. The number of hydrogen-bond donors (Lipinski definition) is 0. The summed E-state index contributed by atoms with van der Waals surface area (Å²) in [5.74, 6) is 1.70. The van der Waals surface area contributed by atoms with Crippen molar-refractivity contribution >= 4 is 17.5 Å². The van der Waals surface area contributed by atoms with Gasteiger partial charge in [-0.1, -0.05) is 35.0 Å². The molecule has 0 N–H and O–H groups in total. The van der Waals surface area contributed by atoms with E-state index in [0.29, 0.717) is 28.8 Å². The van der Waals surface area contributed by atoms with Gasteiger partial charge in [0, 0.05) is 23.2 Å². The van der Waals surface area contributed by atoms with Crippen LogP contribution in [-0.4, -0.2) is 29.3 Å². The molecule has 1 saturated heterocycles. The molecule has 0 bridgehead atoms. The van der Waals surface area contributed by atoms with Crippen LogP contribution in [0.2, 0.25) is 5.02 Å². The van der Waals surface area contributed by atoms with E-state index < -0.39 is 0 Å².